The summed E-state index contributed by atoms with van der Waals surface area (Å²) in [7, 11) is 0. The summed E-state index contributed by atoms with van der Waals surface area (Å²) >= 11 is 1.50. The highest BCUT2D eigenvalue weighted by molar-refractivity contribution is 7.12. The highest BCUT2D eigenvalue weighted by Crippen LogP contribution is 2.17. The minimum Gasteiger partial charge on any atom is -0.399 e. The van der Waals surface area contributed by atoms with E-state index in [-0.39, 0.29) is 5.91 Å². The standard InChI is InChI=1S/C15H18N2OS/c1-2-12-8-10-19-14(12)15(18)17-9-7-11-3-5-13(16)6-4-11/h3-6,8,10H,2,7,9,16H2,1H3,(H,17,18). The van der Waals surface area contributed by atoms with Crippen LogP contribution in [-0.2, 0) is 12.8 Å². The third-order valence-electron chi connectivity index (χ3n) is 3.01. The van der Waals surface area contributed by atoms with E-state index >= 15 is 0 Å². The highest BCUT2D eigenvalue weighted by Gasteiger charge is 2.10. The average molecular weight is 274 g/mol. The van der Waals surface area contributed by atoms with Crippen molar-refractivity contribution >= 4 is 22.9 Å². The van der Waals surface area contributed by atoms with Crippen molar-refractivity contribution < 1.29 is 4.79 Å². The lowest BCUT2D eigenvalue weighted by Gasteiger charge is -2.06. The molecule has 1 aromatic carbocycles. The number of anilines is 1. The van der Waals surface area contributed by atoms with Gasteiger partial charge >= 0.3 is 0 Å². The summed E-state index contributed by atoms with van der Waals surface area (Å²) in [5.41, 5.74) is 8.69. The van der Waals surface area contributed by atoms with E-state index < -0.39 is 0 Å². The van der Waals surface area contributed by atoms with Gasteiger partial charge < -0.3 is 11.1 Å². The molecule has 19 heavy (non-hydrogen) atoms. The molecule has 1 aromatic heterocycles. The van der Waals surface area contributed by atoms with Crippen molar-refractivity contribution in [3.63, 3.8) is 0 Å². The molecule has 3 N–H and O–H groups in total. The van der Waals surface area contributed by atoms with E-state index in [0.29, 0.717) is 6.54 Å². The number of nitrogen functional groups attached to an aromatic ring is 1. The number of hydrogen-bond acceptors (Lipinski definition) is 3. The van der Waals surface area contributed by atoms with Crippen LogP contribution < -0.4 is 11.1 Å². The normalized spacial score (nSPS) is 10.4. The van der Waals surface area contributed by atoms with Crippen LogP contribution in [0, 0.1) is 0 Å². The SMILES string of the molecule is CCc1ccsc1C(=O)NCCc1ccc(N)cc1. The molecule has 0 bridgehead atoms. The number of nitrogens with one attached hydrogen (secondary N) is 1. The molecule has 1 amide bonds. The van der Waals surface area contributed by atoms with Gasteiger partial charge in [-0.2, -0.15) is 0 Å². The fourth-order valence-corrected chi connectivity index (χ4v) is 2.81. The molecule has 2 aromatic rings. The zero-order valence-corrected chi connectivity index (χ0v) is 11.8. The topological polar surface area (TPSA) is 55.1 Å². The summed E-state index contributed by atoms with van der Waals surface area (Å²) in [5, 5.41) is 4.93. The van der Waals surface area contributed by atoms with Gasteiger partial charge in [0.2, 0.25) is 0 Å². The van der Waals surface area contributed by atoms with Crippen molar-refractivity contribution in [3.05, 3.63) is 51.7 Å². The molecule has 0 fully saturated rings. The van der Waals surface area contributed by atoms with E-state index in [1.165, 1.54) is 16.9 Å². The van der Waals surface area contributed by atoms with Crippen molar-refractivity contribution in [1.82, 2.24) is 5.32 Å². The van der Waals surface area contributed by atoms with Crippen molar-refractivity contribution in [2.75, 3.05) is 12.3 Å². The van der Waals surface area contributed by atoms with Crippen LogP contribution >= 0.6 is 11.3 Å². The van der Waals surface area contributed by atoms with E-state index in [2.05, 4.69) is 12.2 Å². The first-order valence-corrected chi connectivity index (χ1v) is 7.27. The second-order valence-electron chi connectivity index (χ2n) is 4.38. The molecule has 1 heterocycles. The number of benzene rings is 1. The maximum atomic E-state index is 12.0. The third-order valence-corrected chi connectivity index (χ3v) is 3.97. The van der Waals surface area contributed by atoms with Crippen LogP contribution in [0.2, 0.25) is 0 Å². The highest BCUT2D eigenvalue weighted by atomic mass is 32.1. The Bertz CT molecular complexity index is 546. The van der Waals surface area contributed by atoms with Gasteiger partial charge in [-0.15, -0.1) is 11.3 Å². The van der Waals surface area contributed by atoms with Gasteiger partial charge in [-0.1, -0.05) is 19.1 Å². The number of nitrogens with two attached hydrogens (primary N) is 1. The second-order valence-corrected chi connectivity index (χ2v) is 5.29. The summed E-state index contributed by atoms with van der Waals surface area (Å²) in [6, 6.07) is 9.75. The van der Waals surface area contributed by atoms with Crippen molar-refractivity contribution in [2.24, 2.45) is 0 Å². The van der Waals surface area contributed by atoms with Crippen LogP contribution in [0.4, 0.5) is 5.69 Å². The zero-order valence-electron chi connectivity index (χ0n) is 11.0. The van der Waals surface area contributed by atoms with Crippen LogP contribution in [0.25, 0.3) is 0 Å². The minimum absolute atomic E-state index is 0.0299. The fourth-order valence-electron chi connectivity index (χ4n) is 1.90. The third kappa shape index (κ3) is 3.58. The molecule has 0 saturated carbocycles. The van der Waals surface area contributed by atoms with E-state index in [1.54, 1.807) is 0 Å². The number of carbonyl (C=O) groups excluding carboxylic acids is 1. The van der Waals surface area contributed by atoms with Gasteiger partial charge in [0, 0.05) is 12.2 Å². The Hall–Kier alpha value is -1.81. The molecular weight excluding hydrogens is 256 g/mol. The molecule has 0 radical (unpaired) electrons. The molecule has 0 atom stereocenters. The molecule has 0 saturated heterocycles. The van der Waals surface area contributed by atoms with Gasteiger partial charge in [-0.3, -0.25) is 4.79 Å². The van der Waals surface area contributed by atoms with Gasteiger partial charge in [0.25, 0.3) is 5.91 Å². The Balaban J connectivity index is 1.86. The maximum absolute atomic E-state index is 12.0. The Morgan fingerprint density at radius 1 is 1.26 bits per heavy atom. The average Bonchev–Trinajstić information content (AvgIpc) is 2.89. The van der Waals surface area contributed by atoms with E-state index in [0.717, 1.165) is 29.0 Å². The number of aryl methyl sites for hydroxylation is 1. The lowest BCUT2D eigenvalue weighted by Crippen LogP contribution is -2.25. The van der Waals surface area contributed by atoms with Crippen LogP contribution in [0.15, 0.2) is 35.7 Å². The Morgan fingerprint density at radius 3 is 2.68 bits per heavy atom. The molecule has 100 valence electrons. The maximum Gasteiger partial charge on any atom is 0.261 e. The van der Waals surface area contributed by atoms with Gasteiger partial charge in [-0.05, 0) is 47.5 Å². The Morgan fingerprint density at radius 2 is 2.00 bits per heavy atom. The predicted molar refractivity (Wildman–Crippen MR) is 80.6 cm³/mol. The zero-order chi connectivity index (χ0) is 13.7. The number of carbonyl (C=O) groups is 1. The number of hydrogen-bond donors (Lipinski definition) is 2. The first-order valence-electron chi connectivity index (χ1n) is 6.39. The summed E-state index contributed by atoms with van der Waals surface area (Å²) < 4.78 is 0. The van der Waals surface area contributed by atoms with Crippen molar-refractivity contribution in [2.45, 2.75) is 19.8 Å². The van der Waals surface area contributed by atoms with E-state index in [1.807, 2.05) is 35.7 Å². The van der Waals surface area contributed by atoms with Crippen LogP contribution in [-0.4, -0.2) is 12.5 Å². The van der Waals surface area contributed by atoms with Gasteiger partial charge in [0.05, 0.1) is 4.88 Å². The minimum atomic E-state index is 0.0299. The van der Waals surface area contributed by atoms with Gasteiger partial charge in [0.15, 0.2) is 0 Å². The summed E-state index contributed by atoms with van der Waals surface area (Å²) in [6.45, 7) is 2.71. The van der Waals surface area contributed by atoms with E-state index in [4.69, 9.17) is 5.73 Å². The summed E-state index contributed by atoms with van der Waals surface area (Å²) in [6.07, 6.45) is 1.71. The Kier molecular flexibility index (Phi) is 4.58. The van der Waals surface area contributed by atoms with Crippen LogP contribution in [0.1, 0.15) is 27.7 Å². The van der Waals surface area contributed by atoms with Crippen LogP contribution in [0.3, 0.4) is 0 Å². The van der Waals surface area contributed by atoms with Gasteiger partial charge in [-0.25, -0.2) is 0 Å². The smallest absolute Gasteiger partial charge is 0.261 e. The number of rotatable bonds is 5. The molecule has 0 aliphatic carbocycles. The van der Waals surface area contributed by atoms with Crippen molar-refractivity contribution in [1.29, 1.82) is 0 Å². The quantitative estimate of drug-likeness (QED) is 0.824. The summed E-state index contributed by atoms with van der Waals surface area (Å²) in [5.74, 6) is 0.0299. The molecule has 0 unspecified atom stereocenters. The molecule has 0 aliphatic rings. The molecular formula is C15H18N2OS. The van der Waals surface area contributed by atoms with Crippen LogP contribution in [0.5, 0.6) is 0 Å². The fraction of sp³-hybridized carbons (Fsp3) is 0.267. The molecule has 4 heteroatoms. The number of thiophene rings is 1. The van der Waals surface area contributed by atoms with E-state index in [9.17, 15) is 4.79 Å². The van der Waals surface area contributed by atoms with Gasteiger partial charge in [0.1, 0.15) is 0 Å². The monoisotopic (exact) mass is 274 g/mol. The molecule has 0 aliphatic heterocycles. The first kappa shape index (κ1) is 13.6. The van der Waals surface area contributed by atoms with Crippen molar-refractivity contribution in [3.8, 4) is 0 Å². The summed E-state index contributed by atoms with van der Waals surface area (Å²) in [4.78, 5) is 12.8. The number of amides is 1. The predicted octanol–water partition coefficient (Wildman–Crippen LogP) is 2.87. The Labute approximate surface area is 117 Å². The molecule has 3 nitrogen and oxygen atoms in total. The second kappa shape index (κ2) is 6.38. The largest absolute Gasteiger partial charge is 0.399 e. The first-order chi connectivity index (χ1) is 9.20. The lowest BCUT2D eigenvalue weighted by atomic mass is 10.1. The lowest BCUT2D eigenvalue weighted by molar-refractivity contribution is 0.0957. The molecule has 0 spiro atoms. The molecule has 2 rings (SSSR count).